The largest absolute Gasteiger partial charge is 0.541 e. The average Bonchev–Trinajstić information content (AvgIpc) is 2.32. The molecule has 1 N–H and O–H groups in total. The monoisotopic (exact) mass is 298 g/mol. The van der Waals surface area contributed by atoms with Crippen molar-refractivity contribution in [3.63, 3.8) is 0 Å². The Morgan fingerprint density at radius 1 is 1.05 bits per heavy atom. The van der Waals surface area contributed by atoms with E-state index in [0.717, 1.165) is 5.56 Å². The van der Waals surface area contributed by atoms with E-state index in [2.05, 4.69) is 33.9 Å². The number of benzene rings is 1. The van der Waals surface area contributed by atoms with Crippen molar-refractivity contribution in [2.24, 2.45) is 0 Å². The molecule has 20 heavy (non-hydrogen) atoms. The van der Waals surface area contributed by atoms with Crippen molar-refractivity contribution in [3.05, 3.63) is 11.6 Å². The Bertz CT molecular complexity index is 490. The molecule has 0 unspecified atom stereocenters. The number of phenols is 1. The molecule has 1 aromatic carbocycles. The van der Waals surface area contributed by atoms with E-state index >= 15 is 0 Å². The first-order chi connectivity index (χ1) is 9.05. The smallest absolute Gasteiger partial charge is 0.250 e. The van der Waals surface area contributed by atoms with Gasteiger partial charge >= 0.3 is 0 Å². The lowest BCUT2D eigenvalue weighted by molar-refractivity contribution is 0.324. The minimum absolute atomic E-state index is 0.00850. The van der Waals surface area contributed by atoms with Crippen LogP contribution in [0.2, 0.25) is 18.1 Å². The molecule has 0 aliphatic carbocycles. The molecule has 114 valence electrons. The van der Waals surface area contributed by atoms with Gasteiger partial charge in [-0.2, -0.15) is 0 Å². The number of rotatable bonds is 4. The van der Waals surface area contributed by atoms with E-state index in [0.29, 0.717) is 17.2 Å². The zero-order chi connectivity index (χ0) is 15.7. The molecular formula is C15H26O4Si. The van der Waals surface area contributed by atoms with Gasteiger partial charge in [0.25, 0.3) is 8.32 Å². The third-order valence-corrected chi connectivity index (χ3v) is 8.27. The molecule has 4 nitrogen and oxygen atoms in total. The van der Waals surface area contributed by atoms with Gasteiger partial charge in [-0.15, -0.1) is 0 Å². The van der Waals surface area contributed by atoms with Crippen LogP contribution in [0, 0.1) is 6.92 Å². The fraction of sp³-hybridized carbons (Fsp3) is 0.600. The average molecular weight is 298 g/mol. The Balaban J connectivity index is 3.34. The number of phenolic OH excluding ortho intramolecular Hbond substituents is 1. The molecule has 0 fully saturated rings. The van der Waals surface area contributed by atoms with Gasteiger partial charge in [0.1, 0.15) is 0 Å². The molecule has 0 bridgehead atoms. The van der Waals surface area contributed by atoms with E-state index in [1.807, 2.05) is 13.0 Å². The SMILES string of the molecule is COc1cc(C)c(O[Si](C)(C)C(C)(C)C)c(O)c1OC. The minimum Gasteiger partial charge on any atom is -0.541 e. The van der Waals surface area contributed by atoms with Crippen LogP contribution in [0.25, 0.3) is 0 Å². The number of hydrogen-bond acceptors (Lipinski definition) is 4. The van der Waals surface area contributed by atoms with Crippen LogP contribution in [0.3, 0.4) is 0 Å². The summed E-state index contributed by atoms with van der Waals surface area (Å²) < 4.78 is 16.7. The molecule has 0 aliphatic heterocycles. The summed E-state index contributed by atoms with van der Waals surface area (Å²) in [5.41, 5.74) is 0.838. The molecule has 0 radical (unpaired) electrons. The van der Waals surface area contributed by atoms with E-state index in [1.54, 1.807) is 7.11 Å². The second-order valence-corrected chi connectivity index (χ2v) is 11.2. The van der Waals surface area contributed by atoms with Crippen molar-refractivity contribution in [1.82, 2.24) is 0 Å². The van der Waals surface area contributed by atoms with E-state index in [4.69, 9.17) is 13.9 Å². The molecule has 0 atom stereocenters. The van der Waals surface area contributed by atoms with E-state index in [1.165, 1.54) is 7.11 Å². The second-order valence-electron chi connectivity index (χ2n) is 6.47. The van der Waals surface area contributed by atoms with Gasteiger partial charge in [0, 0.05) is 0 Å². The van der Waals surface area contributed by atoms with Crippen LogP contribution < -0.4 is 13.9 Å². The van der Waals surface area contributed by atoms with Crippen molar-refractivity contribution in [2.45, 2.75) is 45.8 Å². The van der Waals surface area contributed by atoms with Crippen molar-refractivity contribution < 1.29 is 19.0 Å². The van der Waals surface area contributed by atoms with Crippen LogP contribution in [0.5, 0.6) is 23.0 Å². The first-order valence-corrected chi connectivity index (χ1v) is 9.59. The fourth-order valence-electron chi connectivity index (χ4n) is 1.62. The Labute approximate surface area is 122 Å². The highest BCUT2D eigenvalue weighted by Gasteiger charge is 2.40. The highest BCUT2D eigenvalue weighted by Crippen LogP contribution is 2.48. The Hall–Kier alpha value is -1.36. The molecule has 1 rings (SSSR count). The lowest BCUT2D eigenvalue weighted by Gasteiger charge is -2.37. The zero-order valence-electron chi connectivity index (χ0n) is 13.7. The number of hydrogen-bond donors (Lipinski definition) is 1. The normalized spacial score (nSPS) is 12.2. The quantitative estimate of drug-likeness (QED) is 0.850. The predicted octanol–water partition coefficient (Wildman–Crippen LogP) is 4.10. The van der Waals surface area contributed by atoms with Gasteiger partial charge < -0.3 is 19.0 Å². The van der Waals surface area contributed by atoms with Crippen LogP contribution in [-0.2, 0) is 0 Å². The molecule has 0 heterocycles. The van der Waals surface area contributed by atoms with Gasteiger partial charge in [-0.05, 0) is 36.7 Å². The maximum atomic E-state index is 10.4. The standard InChI is InChI=1S/C15H26O4Si/c1-10-9-11(17-5)14(18-6)12(16)13(10)19-20(7,8)15(2,3)4/h9,16H,1-8H3. The van der Waals surface area contributed by atoms with Crippen molar-refractivity contribution >= 4 is 8.32 Å². The van der Waals surface area contributed by atoms with Gasteiger partial charge in [-0.1, -0.05) is 20.8 Å². The van der Waals surface area contributed by atoms with Crippen LogP contribution in [0.4, 0.5) is 0 Å². The third-order valence-electron chi connectivity index (χ3n) is 3.95. The Morgan fingerprint density at radius 2 is 1.60 bits per heavy atom. The van der Waals surface area contributed by atoms with E-state index < -0.39 is 8.32 Å². The van der Waals surface area contributed by atoms with Gasteiger partial charge in [0.2, 0.25) is 11.5 Å². The summed E-state index contributed by atoms with van der Waals surface area (Å²) in [6.45, 7) is 12.7. The summed E-state index contributed by atoms with van der Waals surface area (Å²) in [4.78, 5) is 0. The van der Waals surface area contributed by atoms with Gasteiger partial charge in [-0.25, -0.2) is 0 Å². The number of aryl methyl sites for hydroxylation is 1. The predicted molar refractivity (Wildman–Crippen MR) is 83.8 cm³/mol. The van der Waals surface area contributed by atoms with Crippen molar-refractivity contribution in [2.75, 3.05) is 14.2 Å². The van der Waals surface area contributed by atoms with E-state index in [9.17, 15) is 5.11 Å². The molecular weight excluding hydrogens is 272 g/mol. The third kappa shape index (κ3) is 3.03. The Morgan fingerprint density at radius 3 is 2.00 bits per heavy atom. The molecule has 0 amide bonds. The second kappa shape index (κ2) is 5.56. The minimum atomic E-state index is -2.03. The first kappa shape index (κ1) is 16.7. The number of ether oxygens (including phenoxy) is 2. The summed E-state index contributed by atoms with van der Waals surface area (Å²) in [5, 5.41) is 10.5. The first-order valence-electron chi connectivity index (χ1n) is 6.68. The maximum absolute atomic E-state index is 10.4. The van der Waals surface area contributed by atoms with Crippen LogP contribution in [0.15, 0.2) is 6.07 Å². The Kier molecular flexibility index (Phi) is 4.64. The van der Waals surface area contributed by atoms with Crippen molar-refractivity contribution in [1.29, 1.82) is 0 Å². The summed E-state index contributed by atoms with van der Waals surface area (Å²) in [6, 6.07) is 1.82. The molecule has 0 aromatic heterocycles. The van der Waals surface area contributed by atoms with Crippen LogP contribution >= 0.6 is 0 Å². The lowest BCUT2D eigenvalue weighted by Crippen LogP contribution is -2.44. The summed E-state index contributed by atoms with van der Waals surface area (Å²) in [7, 11) is 1.02. The highest BCUT2D eigenvalue weighted by atomic mass is 28.4. The molecule has 0 aliphatic rings. The molecule has 0 saturated carbocycles. The molecule has 0 spiro atoms. The molecule has 0 saturated heterocycles. The summed E-state index contributed by atoms with van der Waals surface area (Å²) in [6.07, 6.45) is 0. The lowest BCUT2D eigenvalue weighted by atomic mass is 10.2. The van der Waals surface area contributed by atoms with Crippen LogP contribution in [0.1, 0.15) is 26.3 Å². The summed E-state index contributed by atoms with van der Waals surface area (Å²) >= 11 is 0. The van der Waals surface area contributed by atoms with Gasteiger partial charge in [-0.3, -0.25) is 0 Å². The number of methoxy groups -OCH3 is 2. The summed E-state index contributed by atoms with van der Waals surface area (Å²) in [5.74, 6) is 1.32. The van der Waals surface area contributed by atoms with E-state index in [-0.39, 0.29) is 10.8 Å². The topological polar surface area (TPSA) is 47.9 Å². The maximum Gasteiger partial charge on any atom is 0.250 e. The fourth-order valence-corrected chi connectivity index (χ4v) is 2.69. The number of aromatic hydroxyl groups is 1. The zero-order valence-corrected chi connectivity index (χ0v) is 14.7. The molecule has 5 heteroatoms. The highest BCUT2D eigenvalue weighted by molar-refractivity contribution is 6.74. The van der Waals surface area contributed by atoms with Crippen LogP contribution in [-0.4, -0.2) is 27.6 Å². The van der Waals surface area contributed by atoms with Gasteiger partial charge in [0.15, 0.2) is 11.5 Å². The van der Waals surface area contributed by atoms with Crippen molar-refractivity contribution in [3.8, 4) is 23.0 Å². The molecule has 1 aromatic rings. The van der Waals surface area contributed by atoms with Gasteiger partial charge in [0.05, 0.1) is 14.2 Å².